The first kappa shape index (κ1) is 17.4. The third-order valence-corrected chi connectivity index (χ3v) is 3.02. The molecule has 0 bridgehead atoms. The monoisotopic (exact) mass is 330 g/mol. The molecule has 5 N–H and O–H groups in total. The van der Waals surface area contributed by atoms with Gasteiger partial charge in [0.1, 0.15) is 22.9 Å². The van der Waals surface area contributed by atoms with Gasteiger partial charge in [-0.1, -0.05) is 0 Å². The van der Waals surface area contributed by atoms with E-state index in [4.69, 9.17) is 20.9 Å². The second-order valence-corrected chi connectivity index (χ2v) is 6.32. The normalized spacial score (nSPS) is 11.0. The van der Waals surface area contributed by atoms with Gasteiger partial charge in [0, 0.05) is 18.0 Å². The molecule has 1 aromatic heterocycles. The van der Waals surface area contributed by atoms with Crippen LogP contribution in [0.1, 0.15) is 26.3 Å². The van der Waals surface area contributed by atoms with Gasteiger partial charge in [0.05, 0.1) is 0 Å². The largest absolute Gasteiger partial charge is 0.455 e. The van der Waals surface area contributed by atoms with Gasteiger partial charge < -0.3 is 20.9 Å². The van der Waals surface area contributed by atoms with Crippen LogP contribution in [-0.4, -0.2) is 16.7 Å². The van der Waals surface area contributed by atoms with Crippen LogP contribution < -0.4 is 21.5 Å². The van der Waals surface area contributed by atoms with Crippen molar-refractivity contribution in [1.29, 1.82) is 0 Å². The van der Waals surface area contributed by atoms with Crippen LogP contribution in [0, 0.1) is 6.92 Å². The summed E-state index contributed by atoms with van der Waals surface area (Å²) in [6.07, 6.45) is 1.01. The number of nitrogen functional groups attached to an aromatic ring is 2. The van der Waals surface area contributed by atoms with Crippen LogP contribution in [0.15, 0.2) is 30.5 Å². The van der Waals surface area contributed by atoms with Crippen LogP contribution in [0.5, 0.6) is 11.5 Å². The van der Waals surface area contributed by atoms with E-state index in [1.807, 2.05) is 6.92 Å². The van der Waals surface area contributed by atoms with Crippen molar-refractivity contribution in [3.05, 3.63) is 36.0 Å². The molecule has 0 spiro atoms. The molecule has 7 nitrogen and oxygen atoms in total. The smallest absolute Gasteiger partial charge is 0.412 e. The van der Waals surface area contributed by atoms with Crippen LogP contribution in [0.25, 0.3) is 0 Å². The van der Waals surface area contributed by atoms with Crippen molar-refractivity contribution in [3.63, 3.8) is 0 Å². The van der Waals surface area contributed by atoms with Crippen molar-refractivity contribution in [3.8, 4) is 11.5 Å². The number of pyridine rings is 1. The van der Waals surface area contributed by atoms with E-state index in [-0.39, 0.29) is 11.5 Å². The Morgan fingerprint density at radius 2 is 1.88 bits per heavy atom. The van der Waals surface area contributed by atoms with Gasteiger partial charge in [-0.2, -0.15) is 0 Å². The van der Waals surface area contributed by atoms with E-state index in [1.54, 1.807) is 45.0 Å². The molecule has 0 saturated carbocycles. The standard InChI is InChI=1S/C17H22N4O3/c1-10-9-11(21-16(22)24-17(2,3)4)5-6-12(10)23-13-7-8-20-15(19)14(13)18/h5-9H,18H2,1-4H3,(H2,19,20)(H,21,22). The number of nitrogens with one attached hydrogen (secondary N) is 1. The van der Waals surface area contributed by atoms with Crippen LogP contribution in [0.4, 0.5) is 22.0 Å². The summed E-state index contributed by atoms with van der Waals surface area (Å²) in [5, 5.41) is 2.68. The third kappa shape index (κ3) is 4.52. The van der Waals surface area contributed by atoms with Gasteiger partial charge in [0.25, 0.3) is 0 Å². The molecule has 2 rings (SSSR count). The number of carbonyl (C=O) groups excluding carboxylic acids is 1. The Hall–Kier alpha value is -2.96. The summed E-state index contributed by atoms with van der Waals surface area (Å²) in [5.41, 5.74) is 12.7. The van der Waals surface area contributed by atoms with Crippen molar-refractivity contribution in [2.75, 3.05) is 16.8 Å². The predicted molar refractivity (Wildman–Crippen MR) is 94.2 cm³/mol. The molecule has 0 radical (unpaired) electrons. The number of aryl methyl sites for hydroxylation is 1. The number of nitrogens with two attached hydrogens (primary N) is 2. The number of aromatic nitrogens is 1. The first-order valence-electron chi connectivity index (χ1n) is 7.44. The Morgan fingerprint density at radius 3 is 2.50 bits per heavy atom. The van der Waals surface area contributed by atoms with E-state index in [0.29, 0.717) is 17.2 Å². The molecule has 24 heavy (non-hydrogen) atoms. The molecule has 7 heteroatoms. The summed E-state index contributed by atoms with van der Waals surface area (Å²) in [4.78, 5) is 15.7. The average Bonchev–Trinajstić information content (AvgIpc) is 2.44. The first-order chi connectivity index (χ1) is 11.2. The van der Waals surface area contributed by atoms with E-state index in [0.717, 1.165) is 5.56 Å². The summed E-state index contributed by atoms with van der Waals surface area (Å²) in [6, 6.07) is 6.86. The fourth-order valence-corrected chi connectivity index (χ4v) is 1.94. The Bertz CT molecular complexity index is 754. The third-order valence-electron chi connectivity index (χ3n) is 3.02. The van der Waals surface area contributed by atoms with Gasteiger partial charge in [0.2, 0.25) is 0 Å². The molecular weight excluding hydrogens is 308 g/mol. The minimum atomic E-state index is -0.555. The highest BCUT2D eigenvalue weighted by molar-refractivity contribution is 5.85. The maximum atomic E-state index is 11.8. The summed E-state index contributed by atoms with van der Waals surface area (Å²) in [5.74, 6) is 1.24. The van der Waals surface area contributed by atoms with Crippen molar-refractivity contribution in [2.45, 2.75) is 33.3 Å². The number of anilines is 3. The zero-order chi connectivity index (χ0) is 17.9. The lowest BCUT2D eigenvalue weighted by molar-refractivity contribution is 0.0636. The number of benzene rings is 1. The van der Waals surface area contributed by atoms with E-state index in [9.17, 15) is 4.79 Å². The Morgan fingerprint density at radius 1 is 1.17 bits per heavy atom. The molecule has 128 valence electrons. The van der Waals surface area contributed by atoms with Crippen LogP contribution in [-0.2, 0) is 4.74 Å². The topological polar surface area (TPSA) is 112 Å². The summed E-state index contributed by atoms with van der Waals surface area (Å²) >= 11 is 0. The molecule has 1 aromatic carbocycles. The predicted octanol–water partition coefficient (Wildman–Crippen LogP) is 3.69. The van der Waals surface area contributed by atoms with Crippen molar-refractivity contribution in [2.24, 2.45) is 0 Å². The van der Waals surface area contributed by atoms with Gasteiger partial charge in [-0.3, -0.25) is 5.32 Å². The number of hydrogen-bond donors (Lipinski definition) is 3. The van der Waals surface area contributed by atoms with E-state index >= 15 is 0 Å². The molecule has 0 atom stereocenters. The highest BCUT2D eigenvalue weighted by atomic mass is 16.6. The van der Waals surface area contributed by atoms with E-state index < -0.39 is 11.7 Å². The Kier molecular flexibility index (Phi) is 4.82. The molecule has 0 saturated heterocycles. The SMILES string of the molecule is Cc1cc(NC(=O)OC(C)(C)C)ccc1Oc1ccnc(N)c1N. The zero-order valence-electron chi connectivity index (χ0n) is 14.2. The maximum Gasteiger partial charge on any atom is 0.412 e. The molecule has 0 unspecified atom stereocenters. The zero-order valence-corrected chi connectivity index (χ0v) is 14.2. The number of hydrogen-bond acceptors (Lipinski definition) is 6. The lowest BCUT2D eigenvalue weighted by Gasteiger charge is -2.20. The van der Waals surface area contributed by atoms with Crippen LogP contribution >= 0.6 is 0 Å². The highest BCUT2D eigenvalue weighted by Gasteiger charge is 2.16. The molecule has 0 aliphatic carbocycles. The number of carbonyl (C=O) groups is 1. The Balaban J connectivity index is 2.12. The molecule has 0 fully saturated rings. The summed E-state index contributed by atoms with van der Waals surface area (Å²) in [6.45, 7) is 7.27. The highest BCUT2D eigenvalue weighted by Crippen LogP contribution is 2.32. The summed E-state index contributed by atoms with van der Waals surface area (Å²) < 4.78 is 11.0. The molecule has 1 amide bonds. The molecule has 1 heterocycles. The van der Waals surface area contributed by atoms with E-state index in [2.05, 4.69) is 10.3 Å². The lowest BCUT2D eigenvalue weighted by atomic mass is 10.2. The van der Waals surface area contributed by atoms with Gasteiger partial charge in [0.15, 0.2) is 5.75 Å². The number of ether oxygens (including phenoxy) is 2. The maximum absolute atomic E-state index is 11.8. The molecule has 0 aliphatic heterocycles. The fourth-order valence-electron chi connectivity index (χ4n) is 1.94. The minimum absolute atomic E-state index is 0.216. The second-order valence-electron chi connectivity index (χ2n) is 6.32. The lowest BCUT2D eigenvalue weighted by Crippen LogP contribution is -2.27. The van der Waals surface area contributed by atoms with E-state index in [1.165, 1.54) is 6.20 Å². The second kappa shape index (κ2) is 6.66. The molecule has 2 aromatic rings. The molecule has 0 aliphatic rings. The van der Waals surface area contributed by atoms with Crippen molar-refractivity contribution >= 4 is 23.3 Å². The van der Waals surface area contributed by atoms with Crippen molar-refractivity contribution in [1.82, 2.24) is 4.98 Å². The van der Waals surface area contributed by atoms with Crippen molar-refractivity contribution < 1.29 is 14.3 Å². The van der Waals surface area contributed by atoms with Crippen LogP contribution in [0.3, 0.4) is 0 Å². The van der Waals surface area contributed by atoms with Gasteiger partial charge in [-0.15, -0.1) is 0 Å². The number of amides is 1. The summed E-state index contributed by atoms with van der Waals surface area (Å²) in [7, 11) is 0. The quantitative estimate of drug-likeness (QED) is 0.791. The fraction of sp³-hybridized carbons (Fsp3) is 0.294. The number of nitrogens with zero attached hydrogens (tertiary/aromatic N) is 1. The van der Waals surface area contributed by atoms with Gasteiger partial charge >= 0.3 is 6.09 Å². The number of rotatable bonds is 3. The van der Waals surface area contributed by atoms with Gasteiger partial charge in [-0.25, -0.2) is 9.78 Å². The Labute approximate surface area is 141 Å². The first-order valence-corrected chi connectivity index (χ1v) is 7.44. The molecular formula is C17H22N4O3. The average molecular weight is 330 g/mol. The minimum Gasteiger partial charge on any atom is -0.455 e. The van der Waals surface area contributed by atoms with Gasteiger partial charge in [-0.05, 0) is 51.5 Å². The van der Waals surface area contributed by atoms with Crippen LogP contribution in [0.2, 0.25) is 0 Å².